The average molecular weight is 316 g/mol. The van der Waals surface area contributed by atoms with Crippen molar-refractivity contribution in [2.24, 2.45) is 0 Å². The summed E-state index contributed by atoms with van der Waals surface area (Å²) in [6.45, 7) is 0. The summed E-state index contributed by atoms with van der Waals surface area (Å²) in [5.74, 6) is -0.796. The van der Waals surface area contributed by atoms with E-state index < -0.39 is 5.91 Å². The first-order valence-electron chi connectivity index (χ1n) is 7.12. The number of nitrogens with one attached hydrogen (secondary N) is 2. The van der Waals surface area contributed by atoms with Crippen LogP contribution in [0.25, 0.3) is 0 Å². The average Bonchev–Trinajstić information content (AvgIpc) is 3.04. The Bertz CT molecular complexity index is 711. The molecule has 3 N–H and O–H groups in total. The summed E-state index contributed by atoms with van der Waals surface area (Å²) in [5, 5.41) is 11.7. The zero-order chi connectivity index (χ0) is 15.5. The molecule has 1 atom stereocenters. The summed E-state index contributed by atoms with van der Waals surface area (Å²) in [5.41, 5.74) is 4.02. The highest BCUT2D eigenvalue weighted by Gasteiger charge is 2.22. The van der Waals surface area contributed by atoms with E-state index in [1.807, 2.05) is 12.1 Å². The van der Waals surface area contributed by atoms with Crippen LogP contribution in [0.1, 0.15) is 49.4 Å². The number of hydroxylamine groups is 1. The van der Waals surface area contributed by atoms with Gasteiger partial charge < -0.3 is 5.32 Å². The fourth-order valence-electron chi connectivity index (χ4n) is 2.77. The minimum Gasteiger partial charge on any atom is -0.345 e. The Kier molecular flexibility index (Phi) is 4.22. The van der Waals surface area contributed by atoms with Crippen LogP contribution in [0.5, 0.6) is 0 Å². The number of carbonyl (C=O) groups excluding carboxylic acids is 2. The first kappa shape index (κ1) is 14.7. The predicted molar refractivity (Wildman–Crippen MR) is 83.2 cm³/mol. The molecule has 5 nitrogen and oxygen atoms in total. The molecule has 0 spiro atoms. The van der Waals surface area contributed by atoms with E-state index in [-0.39, 0.29) is 11.9 Å². The Morgan fingerprint density at radius 1 is 1.09 bits per heavy atom. The van der Waals surface area contributed by atoms with Crippen LogP contribution in [-0.4, -0.2) is 17.0 Å². The van der Waals surface area contributed by atoms with E-state index in [1.54, 1.807) is 11.5 Å². The SMILES string of the molecule is O=C(NO)c1ccc(C(=O)NC2CCCc3ccccc32)s1. The highest BCUT2D eigenvalue weighted by molar-refractivity contribution is 7.15. The van der Waals surface area contributed by atoms with Gasteiger partial charge in [-0.1, -0.05) is 24.3 Å². The van der Waals surface area contributed by atoms with E-state index >= 15 is 0 Å². The molecule has 0 fully saturated rings. The minimum absolute atomic E-state index is 0.00895. The van der Waals surface area contributed by atoms with Crippen molar-refractivity contribution >= 4 is 23.2 Å². The molecule has 0 bridgehead atoms. The highest BCUT2D eigenvalue weighted by Crippen LogP contribution is 2.30. The first-order chi connectivity index (χ1) is 10.7. The van der Waals surface area contributed by atoms with Gasteiger partial charge in [-0.15, -0.1) is 11.3 Å². The van der Waals surface area contributed by atoms with Gasteiger partial charge in [-0.2, -0.15) is 0 Å². The molecule has 0 aliphatic heterocycles. The van der Waals surface area contributed by atoms with Gasteiger partial charge in [-0.3, -0.25) is 14.8 Å². The summed E-state index contributed by atoms with van der Waals surface area (Å²) in [6, 6.07) is 11.3. The van der Waals surface area contributed by atoms with Crippen LogP contribution in [0.2, 0.25) is 0 Å². The zero-order valence-corrected chi connectivity index (χ0v) is 12.7. The third-order valence-electron chi connectivity index (χ3n) is 3.83. The number of hydrogen-bond acceptors (Lipinski definition) is 4. The minimum atomic E-state index is -0.605. The Balaban J connectivity index is 1.75. The molecule has 0 saturated heterocycles. The molecule has 1 heterocycles. The van der Waals surface area contributed by atoms with E-state index in [2.05, 4.69) is 17.4 Å². The number of amides is 2. The third-order valence-corrected chi connectivity index (χ3v) is 4.91. The van der Waals surface area contributed by atoms with Gasteiger partial charge in [0.25, 0.3) is 11.8 Å². The van der Waals surface area contributed by atoms with E-state index in [0.29, 0.717) is 9.75 Å². The third kappa shape index (κ3) is 2.88. The number of carbonyl (C=O) groups is 2. The van der Waals surface area contributed by atoms with Gasteiger partial charge in [0.1, 0.15) is 0 Å². The number of fused-ring (bicyclic) bond motifs is 1. The molecule has 6 heteroatoms. The van der Waals surface area contributed by atoms with Gasteiger partial charge in [-0.05, 0) is 42.5 Å². The normalized spacial score (nSPS) is 16.7. The monoisotopic (exact) mass is 316 g/mol. The van der Waals surface area contributed by atoms with E-state index in [1.165, 1.54) is 17.2 Å². The molecule has 1 aliphatic carbocycles. The van der Waals surface area contributed by atoms with Gasteiger partial charge >= 0.3 is 0 Å². The number of thiophene rings is 1. The standard InChI is InChI=1S/C16H16N2O3S/c19-15(13-8-9-14(22-13)16(20)18-21)17-12-7-3-5-10-4-1-2-6-11(10)12/h1-2,4,6,8-9,12,21H,3,5,7H2,(H,17,19)(H,18,20). The Labute approximate surface area is 131 Å². The highest BCUT2D eigenvalue weighted by atomic mass is 32.1. The summed E-state index contributed by atoms with van der Waals surface area (Å²) in [7, 11) is 0. The van der Waals surface area contributed by atoms with E-state index in [9.17, 15) is 9.59 Å². The maximum absolute atomic E-state index is 12.4. The van der Waals surface area contributed by atoms with Gasteiger partial charge in [0.15, 0.2) is 0 Å². The van der Waals surface area contributed by atoms with Crippen LogP contribution in [0.15, 0.2) is 36.4 Å². The van der Waals surface area contributed by atoms with Crippen LogP contribution >= 0.6 is 11.3 Å². The fourth-order valence-corrected chi connectivity index (χ4v) is 3.57. The lowest BCUT2D eigenvalue weighted by Crippen LogP contribution is -2.30. The van der Waals surface area contributed by atoms with E-state index in [0.717, 1.165) is 30.6 Å². The molecule has 1 aromatic carbocycles. The lowest BCUT2D eigenvalue weighted by Gasteiger charge is -2.26. The Hall–Kier alpha value is -2.18. The quantitative estimate of drug-likeness (QED) is 0.602. The Morgan fingerprint density at radius 3 is 2.59 bits per heavy atom. The van der Waals surface area contributed by atoms with Crippen molar-refractivity contribution in [2.45, 2.75) is 25.3 Å². The van der Waals surface area contributed by atoms with Crippen LogP contribution in [0.3, 0.4) is 0 Å². The molecular weight excluding hydrogens is 300 g/mol. The molecule has 1 aromatic heterocycles. The molecule has 114 valence electrons. The van der Waals surface area contributed by atoms with Gasteiger partial charge in [0.2, 0.25) is 0 Å². The molecule has 3 rings (SSSR count). The summed E-state index contributed by atoms with van der Waals surface area (Å²) in [6.07, 6.45) is 3.01. The smallest absolute Gasteiger partial charge is 0.284 e. The molecule has 1 aliphatic rings. The summed E-state index contributed by atoms with van der Waals surface area (Å²) >= 11 is 1.06. The predicted octanol–water partition coefficient (Wildman–Crippen LogP) is 2.67. The first-order valence-corrected chi connectivity index (χ1v) is 7.93. The maximum atomic E-state index is 12.4. The van der Waals surface area contributed by atoms with Crippen molar-refractivity contribution in [1.82, 2.24) is 10.8 Å². The molecular formula is C16H16N2O3S. The van der Waals surface area contributed by atoms with Crippen LogP contribution in [-0.2, 0) is 6.42 Å². The second-order valence-electron chi connectivity index (χ2n) is 5.22. The van der Waals surface area contributed by atoms with Crippen LogP contribution < -0.4 is 10.8 Å². The largest absolute Gasteiger partial charge is 0.345 e. The van der Waals surface area contributed by atoms with Crippen molar-refractivity contribution < 1.29 is 14.8 Å². The van der Waals surface area contributed by atoms with Gasteiger partial charge in [0.05, 0.1) is 15.8 Å². The second-order valence-corrected chi connectivity index (χ2v) is 6.31. The second kappa shape index (κ2) is 6.29. The number of benzene rings is 1. The Morgan fingerprint density at radius 2 is 1.82 bits per heavy atom. The number of rotatable bonds is 3. The van der Waals surface area contributed by atoms with Crippen molar-refractivity contribution in [3.8, 4) is 0 Å². The molecule has 2 aromatic rings. The fraction of sp³-hybridized carbons (Fsp3) is 0.250. The summed E-state index contributed by atoms with van der Waals surface area (Å²) < 4.78 is 0. The van der Waals surface area contributed by atoms with Gasteiger partial charge in [0, 0.05) is 0 Å². The van der Waals surface area contributed by atoms with Crippen LogP contribution in [0.4, 0.5) is 0 Å². The molecule has 0 radical (unpaired) electrons. The zero-order valence-electron chi connectivity index (χ0n) is 11.8. The summed E-state index contributed by atoms with van der Waals surface area (Å²) in [4.78, 5) is 24.4. The topological polar surface area (TPSA) is 78.4 Å². The van der Waals surface area contributed by atoms with Crippen molar-refractivity contribution in [3.63, 3.8) is 0 Å². The van der Waals surface area contributed by atoms with E-state index in [4.69, 9.17) is 5.21 Å². The maximum Gasteiger partial charge on any atom is 0.284 e. The lowest BCUT2D eigenvalue weighted by molar-refractivity contribution is 0.0711. The van der Waals surface area contributed by atoms with Crippen molar-refractivity contribution in [1.29, 1.82) is 0 Å². The lowest BCUT2D eigenvalue weighted by atomic mass is 9.88. The van der Waals surface area contributed by atoms with Crippen molar-refractivity contribution in [2.75, 3.05) is 0 Å². The van der Waals surface area contributed by atoms with Gasteiger partial charge in [-0.25, -0.2) is 5.48 Å². The van der Waals surface area contributed by atoms with Crippen molar-refractivity contribution in [3.05, 3.63) is 57.3 Å². The number of aryl methyl sites for hydroxylation is 1. The molecule has 0 saturated carbocycles. The molecule has 22 heavy (non-hydrogen) atoms. The van der Waals surface area contributed by atoms with Crippen LogP contribution in [0, 0.1) is 0 Å². The number of hydrogen-bond donors (Lipinski definition) is 3. The molecule has 2 amide bonds. The molecule has 1 unspecified atom stereocenters.